The summed E-state index contributed by atoms with van der Waals surface area (Å²) in [5, 5.41) is 5.71. The summed E-state index contributed by atoms with van der Waals surface area (Å²) in [7, 11) is 0. The summed E-state index contributed by atoms with van der Waals surface area (Å²) in [6.45, 7) is 9.76. The zero-order valence-electron chi connectivity index (χ0n) is 16.5. The number of para-hydroxylation sites is 1. The van der Waals surface area contributed by atoms with E-state index in [9.17, 15) is 0 Å². The van der Waals surface area contributed by atoms with Crippen molar-refractivity contribution >= 4 is 22.5 Å². The van der Waals surface area contributed by atoms with E-state index in [1.54, 1.807) is 0 Å². The summed E-state index contributed by atoms with van der Waals surface area (Å²) in [6, 6.07) is 16.7. The number of hydrogen-bond acceptors (Lipinski definition) is 2. The zero-order valence-corrected chi connectivity index (χ0v) is 17.2. The molecule has 144 valence electrons. The van der Waals surface area contributed by atoms with E-state index in [-0.39, 0.29) is 0 Å². The first kappa shape index (κ1) is 19.9. The Labute approximate surface area is 167 Å². The lowest BCUT2D eigenvalue weighted by Gasteiger charge is -2.11. The molecule has 3 nitrogen and oxygen atoms in total. The van der Waals surface area contributed by atoms with Crippen molar-refractivity contribution in [1.82, 2.24) is 9.88 Å². The molecule has 4 heteroatoms. The second-order valence-electron chi connectivity index (χ2n) is 7.21. The largest absolute Gasteiger partial charge is 0.379 e. The van der Waals surface area contributed by atoms with Crippen molar-refractivity contribution in [3.8, 4) is 0 Å². The van der Waals surface area contributed by atoms with E-state index in [0.29, 0.717) is 6.10 Å². The number of nitrogens with zero attached hydrogens (tertiary/aromatic N) is 1. The molecule has 0 aliphatic carbocycles. The fraction of sp³-hybridized carbons (Fsp3) is 0.391. The van der Waals surface area contributed by atoms with Gasteiger partial charge in [0.2, 0.25) is 0 Å². The van der Waals surface area contributed by atoms with Crippen molar-refractivity contribution in [3.63, 3.8) is 0 Å². The van der Waals surface area contributed by atoms with Gasteiger partial charge < -0.3 is 14.6 Å². The maximum absolute atomic E-state index is 6.40. The summed E-state index contributed by atoms with van der Waals surface area (Å²) < 4.78 is 7.98. The Morgan fingerprint density at radius 3 is 2.59 bits per heavy atom. The molecular formula is C23H29ClN2O. The normalized spacial score (nSPS) is 11.6. The average Bonchev–Trinajstić information content (AvgIpc) is 2.91. The Morgan fingerprint density at radius 2 is 1.81 bits per heavy atom. The molecule has 1 aromatic heterocycles. The quantitative estimate of drug-likeness (QED) is 0.489. The van der Waals surface area contributed by atoms with Gasteiger partial charge in [-0.15, -0.1) is 0 Å². The van der Waals surface area contributed by atoms with Gasteiger partial charge in [0.05, 0.1) is 6.10 Å². The van der Waals surface area contributed by atoms with E-state index in [1.165, 1.54) is 22.2 Å². The first-order valence-electron chi connectivity index (χ1n) is 9.70. The predicted molar refractivity (Wildman–Crippen MR) is 115 cm³/mol. The fourth-order valence-electron chi connectivity index (χ4n) is 3.46. The fourth-order valence-corrected chi connectivity index (χ4v) is 3.65. The first-order chi connectivity index (χ1) is 13.1. The molecule has 0 atom stereocenters. The van der Waals surface area contributed by atoms with Crippen molar-refractivity contribution in [2.75, 3.05) is 13.2 Å². The van der Waals surface area contributed by atoms with Gasteiger partial charge in [-0.25, -0.2) is 0 Å². The zero-order chi connectivity index (χ0) is 19.2. The Hall–Kier alpha value is -1.81. The summed E-state index contributed by atoms with van der Waals surface area (Å²) in [5.41, 5.74) is 5.06. The molecule has 27 heavy (non-hydrogen) atoms. The number of nitrogens with one attached hydrogen (secondary N) is 1. The molecule has 3 aromatic rings. The minimum absolute atomic E-state index is 0.301. The summed E-state index contributed by atoms with van der Waals surface area (Å²) in [6.07, 6.45) is 1.32. The Kier molecular flexibility index (Phi) is 6.95. The molecule has 0 aliphatic rings. The molecule has 0 bridgehead atoms. The standard InChI is InChI=1S/C23H29ClN2O/c1-17(2)27-14-8-13-25-15-21-18(3)26(23-12-7-5-10-20(21)23)16-19-9-4-6-11-22(19)24/h4-7,9-12,17,25H,8,13-16H2,1-3H3. The van der Waals surface area contributed by atoms with Gasteiger partial charge in [-0.1, -0.05) is 48.0 Å². The lowest BCUT2D eigenvalue weighted by atomic mass is 10.1. The third-order valence-electron chi connectivity index (χ3n) is 4.90. The minimum atomic E-state index is 0.301. The topological polar surface area (TPSA) is 26.2 Å². The molecule has 0 aliphatic heterocycles. The van der Waals surface area contributed by atoms with Crippen LogP contribution < -0.4 is 5.32 Å². The van der Waals surface area contributed by atoms with Crippen molar-refractivity contribution in [2.24, 2.45) is 0 Å². The average molecular weight is 385 g/mol. The second-order valence-corrected chi connectivity index (χ2v) is 7.62. The van der Waals surface area contributed by atoms with Crippen LogP contribution in [-0.4, -0.2) is 23.8 Å². The number of ether oxygens (including phenoxy) is 1. The molecule has 2 aromatic carbocycles. The second kappa shape index (κ2) is 9.41. The van der Waals surface area contributed by atoms with Crippen molar-refractivity contribution < 1.29 is 4.74 Å². The monoisotopic (exact) mass is 384 g/mol. The van der Waals surface area contributed by atoms with Crippen molar-refractivity contribution in [3.05, 3.63) is 70.4 Å². The van der Waals surface area contributed by atoms with Gasteiger partial charge in [0.25, 0.3) is 0 Å². The third-order valence-corrected chi connectivity index (χ3v) is 5.27. The van der Waals surface area contributed by atoms with Gasteiger partial charge in [-0.05, 0) is 57.0 Å². The van der Waals surface area contributed by atoms with Crippen LogP contribution in [0.4, 0.5) is 0 Å². The number of benzene rings is 2. The highest BCUT2D eigenvalue weighted by atomic mass is 35.5. The molecule has 0 saturated carbocycles. The van der Waals surface area contributed by atoms with Gasteiger partial charge >= 0.3 is 0 Å². The molecule has 0 radical (unpaired) electrons. The SMILES string of the molecule is Cc1c(CNCCCOC(C)C)c2ccccc2n1Cc1ccccc1Cl. The van der Waals surface area contributed by atoms with Gasteiger partial charge in [0.1, 0.15) is 0 Å². The molecule has 1 heterocycles. The molecule has 3 rings (SSSR count). The van der Waals surface area contributed by atoms with Crippen LogP contribution in [0.15, 0.2) is 48.5 Å². The van der Waals surface area contributed by atoms with Gasteiger partial charge in [-0.3, -0.25) is 0 Å². The van der Waals surface area contributed by atoms with E-state index in [2.05, 4.69) is 61.0 Å². The van der Waals surface area contributed by atoms with Gasteiger partial charge in [0, 0.05) is 41.3 Å². The van der Waals surface area contributed by atoms with Crippen LogP contribution in [-0.2, 0) is 17.8 Å². The van der Waals surface area contributed by atoms with Crippen LogP contribution in [0.2, 0.25) is 5.02 Å². The lowest BCUT2D eigenvalue weighted by Crippen LogP contribution is -2.18. The van der Waals surface area contributed by atoms with Crippen molar-refractivity contribution in [2.45, 2.75) is 46.4 Å². The number of rotatable bonds is 9. The maximum Gasteiger partial charge on any atom is 0.0518 e. The van der Waals surface area contributed by atoms with Crippen molar-refractivity contribution in [1.29, 1.82) is 0 Å². The molecule has 0 spiro atoms. The molecule has 1 N–H and O–H groups in total. The molecule has 0 fully saturated rings. The molecule has 0 amide bonds. The Balaban J connectivity index is 1.76. The highest BCUT2D eigenvalue weighted by molar-refractivity contribution is 6.31. The summed E-state index contributed by atoms with van der Waals surface area (Å²) in [4.78, 5) is 0. The van der Waals surface area contributed by atoms with Crippen LogP contribution in [0.25, 0.3) is 10.9 Å². The van der Waals surface area contributed by atoms with E-state index < -0.39 is 0 Å². The number of halogens is 1. The van der Waals surface area contributed by atoms with Crippen LogP contribution in [0, 0.1) is 6.92 Å². The van der Waals surface area contributed by atoms with E-state index in [1.807, 2.05) is 18.2 Å². The summed E-state index contributed by atoms with van der Waals surface area (Å²) in [5.74, 6) is 0. The van der Waals surface area contributed by atoms with E-state index in [4.69, 9.17) is 16.3 Å². The Bertz CT molecular complexity index is 885. The molecular weight excluding hydrogens is 356 g/mol. The Morgan fingerprint density at radius 1 is 1.07 bits per heavy atom. The molecule has 0 unspecified atom stereocenters. The van der Waals surface area contributed by atoms with Crippen LogP contribution in [0.1, 0.15) is 37.1 Å². The summed E-state index contributed by atoms with van der Waals surface area (Å²) >= 11 is 6.40. The van der Waals surface area contributed by atoms with E-state index >= 15 is 0 Å². The number of aromatic nitrogens is 1. The predicted octanol–water partition coefficient (Wildman–Crippen LogP) is 5.56. The molecule has 0 saturated heterocycles. The number of fused-ring (bicyclic) bond motifs is 1. The highest BCUT2D eigenvalue weighted by Gasteiger charge is 2.14. The smallest absolute Gasteiger partial charge is 0.0518 e. The van der Waals surface area contributed by atoms with Crippen LogP contribution >= 0.6 is 11.6 Å². The van der Waals surface area contributed by atoms with Gasteiger partial charge in [-0.2, -0.15) is 0 Å². The van der Waals surface area contributed by atoms with Crippen LogP contribution in [0.3, 0.4) is 0 Å². The maximum atomic E-state index is 6.40. The third kappa shape index (κ3) is 4.92. The van der Waals surface area contributed by atoms with Gasteiger partial charge in [0.15, 0.2) is 0 Å². The van der Waals surface area contributed by atoms with E-state index in [0.717, 1.165) is 43.2 Å². The lowest BCUT2D eigenvalue weighted by molar-refractivity contribution is 0.0770. The highest BCUT2D eigenvalue weighted by Crippen LogP contribution is 2.28. The first-order valence-corrected chi connectivity index (χ1v) is 10.1. The number of hydrogen-bond donors (Lipinski definition) is 1. The minimum Gasteiger partial charge on any atom is -0.379 e. The van der Waals surface area contributed by atoms with Crippen LogP contribution in [0.5, 0.6) is 0 Å².